The molecule has 1 aliphatic rings. The van der Waals surface area contributed by atoms with Crippen LogP contribution in [-0.4, -0.2) is 20.5 Å². The van der Waals surface area contributed by atoms with Crippen LogP contribution < -0.4 is 5.32 Å². The minimum absolute atomic E-state index is 0.0104. The van der Waals surface area contributed by atoms with Crippen LogP contribution in [0.25, 0.3) is 5.65 Å². The highest BCUT2D eigenvalue weighted by Gasteiger charge is 2.29. The van der Waals surface area contributed by atoms with Gasteiger partial charge in [0.25, 0.3) is 12.3 Å². The minimum Gasteiger partial charge on any atom is -0.315 e. The molecule has 28 heavy (non-hydrogen) atoms. The second kappa shape index (κ2) is 6.50. The van der Waals surface area contributed by atoms with Crippen LogP contribution >= 0.6 is 0 Å². The van der Waals surface area contributed by atoms with Crippen molar-refractivity contribution in [3.05, 3.63) is 58.5 Å². The van der Waals surface area contributed by atoms with E-state index in [0.717, 1.165) is 23.4 Å². The molecule has 1 fully saturated rings. The van der Waals surface area contributed by atoms with E-state index in [-0.39, 0.29) is 17.6 Å². The molecule has 0 unspecified atom stereocenters. The largest absolute Gasteiger partial charge is 0.315 e. The Morgan fingerprint density at radius 2 is 1.71 bits per heavy atom. The number of fused-ring (bicyclic) bond motifs is 1. The standard InChI is InChI=1S/C17H10F6N4O/c18-7-3-8(19)14(21)15(13(7)20)25-17(28)10-5-12-24-9(6-1-2-6)4-11(16(22)23)27(12)26-10/h3-6,16H,1-2H2,(H,25,28). The summed E-state index contributed by atoms with van der Waals surface area (Å²) in [5.41, 5.74) is -1.98. The van der Waals surface area contributed by atoms with E-state index in [0.29, 0.717) is 5.69 Å². The van der Waals surface area contributed by atoms with E-state index in [1.807, 2.05) is 0 Å². The van der Waals surface area contributed by atoms with Crippen molar-refractivity contribution in [3.63, 3.8) is 0 Å². The lowest BCUT2D eigenvalue weighted by Gasteiger charge is -2.07. The van der Waals surface area contributed by atoms with Crippen molar-refractivity contribution in [3.8, 4) is 0 Å². The molecule has 146 valence electrons. The quantitative estimate of drug-likeness (QED) is 0.523. The van der Waals surface area contributed by atoms with E-state index in [4.69, 9.17) is 0 Å². The van der Waals surface area contributed by atoms with Gasteiger partial charge >= 0.3 is 0 Å². The van der Waals surface area contributed by atoms with E-state index in [9.17, 15) is 31.1 Å². The number of halogens is 6. The molecule has 2 aromatic heterocycles. The van der Waals surface area contributed by atoms with Crippen molar-refractivity contribution in [2.45, 2.75) is 25.2 Å². The summed E-state index contributed by atoms with van der Waals surface area (Å²) in [6.07, 6.45) is -1.31. The Bertz CT molecular complexity index is 1080. The van der Waals surface area contributed by atoms with Gasteiger partial charge in [-0.15, -0.1) is 0 Å². The fraction of sp³-hybridized carbons (Fsp3) is 0.235. The average molecular weight is 400 g/mol. The van der Waals surface area contributed by atoms with Crippen molar-refractivity contribution in [2.24, 2.45) is 0 Å². The molecule has 1 aliphatic carbocycles. The molecule has 1 saturated carbocycles. The van der Waals surface area contributed by atoms with Gasteiger partial charge in [0.2, 0.25) is 0 Å². The lowest BCUT2D eigenvalue weighted by Crippen LogP contribution is -2.16. The number of anilines is 1. The summed E-state index contributed by atoms with van der Waals surface area (Å²) in [6.45, 7) is 0. The molecule has 4 rings (SSSR count). The summed E-state index contributed by atoms with van der Waals surface area (Å²) < 4.78 is 81.4. The Balaban J connectivity index is 1.74. The molecule has 1 N–H and O–H groups in total. The second-order valence-corrected chi connectivity index (χ2v) is 6.28. The Hall–Kier alpha value is -3.11. The zero-order valence-electron chi connectivity index (χ0n) is 13.8. The molecular formula is C17H10F6N4O. The van der Waals surface area contributed by atoms with E-state index in [1.54, 1.807) is 5.32 Å². The third-order valence-electron chi connectivity index (χ3n) is 4.28. The van der Waals surface area contributed by atoms with Crippen LogP contribution in [0.3, 0.4) is 0 Å². The molecule has 11 heteroatoms. The molecule has 0 bridgehead atoms. The molecule has 0 spiro atoms. The van der Waals surface area contributed by atoms with E-state index in [1.165, 1.54) is 6.07 Å². The first-order valence-electron chi connectivity index (χ1n) is 8.09. The summed E-state index contributed by atoms with van der Waals surface area (Å²) in [4.78, 5) is 16.4. The molecule has 1 aromatic carbocycles. The van der Waals surface area contributed by atoms with E-state index >= 15 is 0 Å². The maximum Gasteiger partial charge on any atom is 0.280 e. The zero-order valence-corrected chi connectivity index (χ0v) is 13.8. The molecule has 0 atom stereocenters. The van der Waals surface area contributed by atoms with Gasteiger partial charge in [0.05, 0.1) is 0 Å². The lowest BCUT2D eigenvalue weighted by atomic mass is 10.2. The van der Waals surface area contributed by atoms with E-state index < -0.39 is 52.7 Å². The monoisotopic (exact) mass is 400 g/mol. The minimum atomic E-state index is -2.91. The Morgan fingerprint density at radius 1 is 1.07 bits per heavy atom. The maximum atomic E-state index is 13.7. The highest BCUT2D eigenvalue weighted by atomic mass is 19.3. The van der Waals surface area contributed by atoms with Crippen LogP contribution in [-0.2, 0) is 0 Å². The molecule has 1 amide bonds. The van der Waals surface area contributed by atoms with Crippen molar-refractivity contribution in [1.29, 1.82) is 0 Å². The number of nitrogens with one attached hydrogen (secondary N) is 1. The number of carbonyl (C=O) groups excluding carboxylic acids is 1. The van der Waals surface area contributed by atoms with Gasteiger partial charge in [0, 0.05) is 23.7 Å². The van der Waals surface area contributed by atoms with Crippen LogP contribution in [0.1, 0.15) is 47.1 Å². The van der Waals surface area contributed by atoms with Gasteiger partial charge in [0.15, 0.2) is 34.6 Å². The number of carbonyl (C=O) groups is 1. The highest BCUT2D eigenvalue weighted by molar-refractivity contribution is 6.03. The first-order chi connectivity index (χ1) is 13.3. The predicted molar refractivity (Wildman–Crippen MR) is 84.1 cm³/mol. The SMILES string of the molecule is O=C(Nc1c(F)c(F)cc(F)c1F)c1cc2nc(C3CC3)cc(C(F)F)n2n1. The number of hydrogen-bond donors (Lipinski definition) is 1. The summed E-state index contributed by atoms with van der Waals surface area (Å²) in [6, 6.07) is 2.22. The first-order valence-corrected chi connectivity index (χ1v) is 8.09. The van der Waals surface area contributed by atoms with Crippen LogP contribution in [0.5, 0.6) is 0 Å². The number of aromatic nitrogens is 3. The van der Waals surface area contributed by atoms with Crippen molar-refractivity contribution in [2.75, 3.05) is 5.32 Å². The average Bonchev–Trinajstić information content (AvgIpc) is 3.41. The van der Waals surface area contributed by atoms with Gasteiger partial charge in [-0.3, -0.25) is 4.79 Å². The smallest absolute Gasteiger partial charge is 0.280 e. The Morgan fingerprint density at radius 3 is 2.29 bits per heavy atom. The summed E-state index contributed by atoms with van der Waals surface area (Å²) in [7, 11) is 0. The number of rotatable bonds is 4. The van der Waals surface area contributed by atoms with E-state index in [2.05, 4.69) is 10.1 Å². The summed E-state index contributed by atoms with van der Waals surface area (Å²) in [5.74, 6) is -8.23. The Labute approximate surface area is 153 Å². The maximum absolute atomic E-state index is 13.7. The number of benzene rings is 1. The Kier molecular flexibility index (Phi) is 4.24. The molecule has 0 saturated heterocycles. The number of amides is 1. The summed E-state index contributed by atoms with van der Waals surface area (Å²) >= 11 is 0. The molecule has 0 aliphatic heterocycles. The normalized spacial score (nSPS) is 14.1. The fourth-order valence-corrected chi connectivity index (χ4v) is 2.73. The van der Waals surface area contributed by atoms with Crippen LogP contribution in [0.2, 0.25) is 0 Å². The summed E-state index contributed by atoms with van der Waals surface area (Å²) in [5, 5.41) is 5.36. The van der Waals surface area contributed by atoms with Crippen LogP contribution in [0.15, 0.2) is 18.2 Å². The lowest BCUT2D eigenvalue weighted by molar-refractivity contribution is 0.101. The predicted octanol–water partition coefficient (Wildman–Crippen LogP) is 4.35. The molecule has 2 heterocycles. The molecule has 5 nitrogen and oxygen atoms in total. The number of nitrogens with zero attached hydrogens (tertiary/aromatic N) is 3. The van der Waals surface area contributed by atoms with Gasteiger partial charge in [-0.1, -0.05) is 0 Å². The molecule has 3 aromatic rings. The number of hydrogen-bond acceptors (Lipinski definition) is 3. The van der Waals surface area contributed by atoms with Gasteiger partial charge < -0.3 is 5.32 Å². The van der Waals surface area contributed by atoms with Gasteiger partial charge in [-0.05, 0) is 18.9 Å². The van der Waals surface area contributed by atoms with Crippen LogP contribution in [0.4, 0.5) is 32.0 Å². The second-order valence-electron chi connectivity index (χ2n) is 6.28. The van der Waals surface area contributed by atoms with Crippen molar-refractivity contribution in [1.82, 2.24) is 14.6 Å². The fourth-order valence-electron chi connectivity index (χ4n) is 2.73. The highest BCUT2D eigenvalue weighted by Crippen LogP contribution is 2.40. The van der Waals surface area contributed by atoms with Gasteiger partial charge in [-0.2, -0.15) is 5.10 Å². The first kappa shape index (κ1) is 18.3. The van der Waals surface area contributed by atoms with Gasteiger partial charge in [0.1, 0.15) is 11.4 Å². The third kappa shape index (κ3) is 3.06. The molecular weight excluding hydrogens is 390 g/mol. The third-order valence-corrected chi connectivity index (χ3v) is 4.28. The van der Waals surface area contributed by atoms with Gasteiger partial charge in [-0.25, -0.2) is 35.8 Å². The molecule has 0 radical (unpaired) electrons. The van der Waals surface area contributed by atoms with Crippen molar-refractivity contribution < 1.29 is 31.1 Å². The zero-order chi connectivity index (χ0) is 20.2. The number of alkyl halides is 2. The van der Waals surface area contributed by atoms with Crippen molar-refractivity contribution >= 4 is 17.2 Å². The van der Waals surface area contributed by atoms with Crippen LogP contribution in [0, 0.1) is 23.3 Å². The topological polar surface area (TPSA) is 59.3 Å².